The van der Waals surface area contributed by atoms with Gasteiger partial charge in [0, 0.05) is 41.2 Å². The quantitative estimate of drug-likeness (QED) is 0.924. The second-order valence-corrected chi connectivity index (χ2v) is 7.34. The molecule has 3 atom stereocenters. The Kier molecular flexibility index (Phi) is 4.96. The molecule has 18 heavy (non-hydrogen) atoms. The van der Waals surface area contributed by atoms with Gasteiger partial charge in [0.05, 0.1) is 0 Å². The van der Waals surface area contributed by atoms with Gasteiger partial charge >= 0.3 is 0 Å². The van der Waals surface area contributed by atoms with Crippen molar-refractivity contribution in [1.82, 2.24) is 4.90 Å². The second kappa shape index (κ2) is 6.29. The maximum absolute atomic E-state index is 6.08. The normalized spacial score (nSPS) is 27.1. The Labute approximate surface area is 119 Å². The van der Waals surface area contributed by atoms with Gasteiger partial charge < -0.3 is 5.73 Å². The van der Waals surface area contributed by atoms with Gasteiger partial charge in [0.2, 0.25) is 0 Å². The molecule has 1 aliphatic rings. The third kappa shape index (κ3) is 3.41. The van der Waals surface area contributed by atoms with Gasteiger partial charge in [0.25, 0.3) is 0 Å². The second-order valence-electron chi connectivity index (χ2n) is 5.02. The molecule has 0 bridgehead atoms. The highest BCUT2D eigenvalue weighted by atomic mass is 35.5. The summed E-state index contributed by atoms with van der Waals surface area (Å²) in [4.78, 5) is 2.50. The van der Waals surface area contributed by atoms with Crippen molar-refractivity contribution in [3.8, 4) is 0 Å². The fourth-order valence-electron chi connectivity index (χ4n) is 2.68. The summed E-state index contributed by atoms with van der Waals surface area (Å²) in [6, 6.07) is 8.37. The smallest absolute Gasteiger partial charge is 0.0471 e. The molecule has 1 heterocycles. The average Bonchev–Trinajstić information content (AvgIpc) is 2.28. The lowest BCUT2D eigenvalue weighted by Crippen LogP contribution is -2.44. The van der Waals surface area contributed by atoms with Crippen LogP contribution in [0.3, 0.4) is 0 Å². The number of benzene rings is 1. The molecule has 1 aromatic carbocycles. The van der Waals surface area contributed by atoms with Gasteiger partial charge in [-0.05, 0) is 17.7 Å². The predicted molar refractivity (Wildman–Crippen MR) is 81.3 cm³/mol. The molecule has 1 saturated heterocycles. The molecule has 2 rings (SSSR count). The van der Waals surface area contributed by atoms with E-state index < -0.39 is 0 Å². The van der Waals surface area contributed by atoms with Crippen molar-refractivity contribution in [3.63, 3.8) is 0 Å². The lowest BCUT2D eigenvalue weighted by atomic mass is 10.0. The average molecular weight is 285 g/mol. The van der Waals surface area contributed by atoms with Crippen LogP contribution in [0.5, 0.6) is 0 Å². The van der Waals surface area contributed by atoms with Gasteiger partial charge in [0.1, 0.15) is 0 Å². The SMILES string of the molecule is CC1CN(C(CN)c2cccc(Cl)c2)CC(C)S1. The van der Waals surface area contributed by atoms with Gasteiger partial charge in [-0.25, -0.2) is 0 Å². The monoisotopic (exact) mass is 284 g/mol. The summed E-state index contributed by atoms with van der Waals surface area (Å²) in [5, 5.41) is 2.13. The number of nitrogens with two attached hydrogens (primary N) is 1. The van der Waals surface area contributed by atoms with Crippen molar-refractivity contribution in [2.45, 2.75) is 30.4 Å². The maximum atomic E-state index is 6.08. The molecule has 4 heteroatoms. The van der Waals surface area contributed by atoms with Crippen molar-refractivity contribution in [3.05, 3.63) is 34.9 Å². The summed E-state index contributed by atoms with van der Waals surface area (Å²) in [5.74, 6) is 0. The molecule has 100 valence electrons. The molecule has 1 fully saturated rings. The lowest BCUT2D eigenvalue weighted by molar-refractivity contribution is 0.199. The Morgan fingerprint density at radius 1 is 1.39 bits per heavy atom. The first-order valence-electron chi connectivity index (χ1n) is 6.45. The Balaban J connectivity index is 2.17. The Hall–Kier alpha value is -0.220. The number of thioether (sulfide) groups is 1. The first-order chi connectivity index (χ1) is 8.60. The van der Waals surface area contributed by atoms with E-state index in [2.05, 4.69) is 36.6 Å². The highest BCUT2D eigenvalue weighted by molar-refractivity contribution is 8.00. The van der Waals surface area contributed by atoms with Gasteiger partial charge in [-0.1, -0.05) is 37.6 Å². The van der Waals surface area contributed by atoms with Crippen LogP contribution in [0.15, 0.2) is 24.3 Å². The predicted octanol–water partition coefficient (Wildman–Crippen LogP) is 3.17. The van der Waals surface area contributed by atoms with Crippen LogP contribution >= 0.6 is 23.4 Å². The fourth-order valence-corrected chi connectivity index (χ4v) is 4.23. The molecule has 0 aliphatic carbocycles. The van der Waals surface area contributed by atoms with E-state index in [9.17, 15) is 0 Å². The number of halogens is 1. The van der Waals surface area contributed by atoms with Crippen molar-refractivity contribution in [2.24, 2.45) is 5.73 Å². The summed E-state index contributed by atoms with van der Waals surface area (Å²) in [6.07, 6.45) is 0. The molecule has 0 saturated carbocycles. The zero-order valence-electron chi connectivity index (χ0n) is 11.0. The molecule has 1 aliphatic heterocycles. The first kappa shape index (κ1) is 14.2. The highest BCUT2D eigenvalue weighted by Gasteiger charge is 2.28. The first-order valence-corrected chi connectivity index (χ1v) is 7.77. The Morgan fingerprint density at radius 2 is 2.06 bits per heavy atom. The van der Waals surface area contributed by atoms with E-state index in [-0.39, 0.29) is 6.04 Å². The van der Waals surface area contributed by atoms with Crippen molar-refractivity contribution in [1.29, 1.82) is 0 Å². The zero-order chi connectivity index (χ0) is 13.1. The van der Waals surface area contributed by atoms with E-state index in [0.29, 0.717) is 17.0 Å². The number of rotatable bonds is 3. The van der Waals surface area contributed by atoms with Crippen LogP contribution in [0.4, 0.5) is 0 Å². The zero-order valence-corrected chi connectivity index (χ0v) is 12.5. The number of hydrogen-bond acceptors (Lipinski definition) is 3. The molecular weight excluding hydrogens is 264 g/mol. The molecular formula is C14H21ClN2S. The van der Waals surface area contributed by atoms with E-state index in [4.69, 9.17) is 17.3 Å². The lowest BCUT2D eigenvalue weighted by Gasteiger charge is -2.39. The van der Waals surface area contributed by atoms with Gasteiger partial charge in [-0.3, -0.25) is 4.90 Å². The van der Waals surface area contributed by atoms with E-state index in [1.54, 1.807) is 0 Å². The van der Waals surface area contributed by atoms with Crippen molar-refractivity contribution in [2.75, 3.05) is 19.6 Å². The van der Waals surface area contributed by atoms with Gasteiger partial charge in [-0.2, -0.15) is 11.8 Å². The van der Waals surface area contributed by atoms with E-state index >= 15 is 0 Å². The highest BCUT2D eigenvalue weighted by Crippen LogP contribution is 2.31. The Morgan fingerprint density at radius 3 is 2.61 bits per heavy atom. The Bertz CT molecular complexity index is 389. The molecule has 2 N–H and O–H groups in total. The topological polar surface area (TPSA) is 29.3 Å². The minimum absolute atomic E-state index is 0.287. The summed E-state index contributed by atoms with van der Waals surface area (Å²) in [5.41, 5.74) is 7.22. The summed E-state index contributed by atoms with van der Waals surface area (Å²) >= 11 is 8.14. The van der Waals surface area contributed by atoms with Crippen LogP contribution in [0.25, 0.3) is 0 Å². The molecule has 0 spiro atoms. The minimum Gasteiger partial charge on any atom is -0.329 e. The summed E-state index contributed by atoms with van der Waals surface area (Å²) in [6.45, 7) is 7.43. The third-order valence-corrected chi connectivity index (χ3v) is 4.81. The van der Waals surface area contributed by atoms with Crippen LogP contribution in [-0.4, -0.2) is 35.0 Å². The van der Waals surface area contributed by atoms with Crippen LogP contribution in [-0.2, 0) is 0 Å². The molecule has 2 nitrogen and oxygen atoms in total. The van der Waals surface area contributed by atoms with Gasteiger partial charge in [0.15, 0.2) is 0 Å². The largest absolute Gasteiger partial charge is 0.329 e. The molecule has 1 aromatic rings. The van der Waals surface area contributed by atoms with Crippen molar-refractivity contribution >= 4 is 23.4 Å². The third-order valence-electron chi connectivity index (χ3n) is 3.35. The molecule has 0 amide bonds. The van der Waals surface area contributed by atoms with Crippen molar-refractivity contribution < 1.29 is 0 Å². The van der Waals surface area contributed by atoms with E-state index in [0.717, 1.165) is 18.1 Å². The number of hydrogen-bond donors (Lipinski definition) is 1. The van der Waals surface area contributed by atoms with E-state index in [1.807, 2.05) is 18.2 Å². The van der Waals surface area contributed by atoms with Crippen LogP contribution in [0, 0.1) is 0 Å². The molecule has 0 aromatic heterocycles. The van der Waals surface area contributed by atoms with E-state index in [1.165, 1.54) is 5.56 Å². The number of nitrogens with zero attached hydrogens (tertiary/aromatic N) is 1. The van der Waals surface area contributed by atoms with Gasteiger partial charge in [-0.15, -0.1) is 0 Å². The maximum Gasteiger partial charge on any atom is 0.0471 e. The molecule has 0 radical (unpaired) electrons. The summed E-state index contributed by atoms with van der Waals surface area (Å²) < 4.78 is 0. The van der Waals surface area contributed by atoms with Crippen LogP contribution in [0.2, 0.25) is 5.02 Å². The summed E-state index contributed by atoms with van der Waals surface area (Å²) in [7, 11) is 0. The van der Waals surface area contributed by atoms with Crippen LogP contribution in [0.1, 0.15) is 25.5 Å². The minimum atomic E-state index is 0.287. The fraction of sp³-hybridized carbons (Fsp3) is 0.571. The van der Waals surface area contributed by atoms with Crippen LogP contribution < -0.4 is 5.73 Å². The standard InChI is InChI=1S/C14H21ClN2S/c1-10-8-17(9-11(2)18-10)14(7-16)12-4-3-5-13(15)6-12/h3-6,10-11,14H,7-9,16H2,1-2H3. The molecule has 3 unspecified atom stereocenters.